The van der Waals surface area contributed by atoms with Gasteiger partial charge in [0, 0.05) is 0 Å². The fraction of sp³-hybridized carbons (Fsp3) is 0.211. The Morgan fingerprint density at radius 3 is 1.77 bits per heavy atom. The van der Waals surface area contributed by atoms with Crippen LogP contribution in [0.25, 0.3) is 0 Å². The van der Waals surface area contributed by atoms with Crippen molar-refractivity contribution in [3.8, 4) is 0 Å². The van der Waals surface area contributed by atoms with Crippen molar-refractivity contribution >= 4 is 82.6 Å². The number of para-hydroxylation sites is 2. The Hall–Kier alpha value is -1.90. The van der Waals surface area contributed by atoms with E-state index in [0.717, 1.165) is 0 Å². The summed E-state index contributed by atoms with van der Waals surface area (Å²) in [6.07, 6.45) is -0.117. The molecule has 0 aliphatic rings. The third-order valence-corrected chi connectivity index (χ3v) is 7.54. The summed E-state index contributed by atoms with van der Waals surface area (Å²) < 4.78 is 18.4. The number of rotatable bonds is 7. The molecule has 0 fully saturated rings. The van der Waals surface area contributed by atoms with Gasteiger partial charge in [-0.25, -0.2) is 0 Å². The fourth-order valence-corrected chi connectivity index (χ4v) is 5.93. The maximum Gasteiger partial charge on any atom is 0.308 e. The van der Waals surface area contributed by atoms with Gasteiger partial charge in [0.15, 0.2) is 10.2 Å². The predicted molar refractivity (Wildman–Crippen MR) is 135 cm³/mol. The second kappa shape index (κ2) is 11.6. The van der Waals surface area contributed by atoms with Crippen molar-refractivity contribution in [2.24, 2.45) is 5.92 Å². The van der Waals surface area contributed by atoms with Gasteiger partial charge >= 0.3 is 5.97 Å². The van der Waals surface area contributed by atoms with Gasteiger partial charge in [0.2, 0.25) is 0 Å². The number of methoxy groups -OCH3 is 1. The van der Waals surface area contributed by atoms with Crippen LogP contribution < -0.4 is 20.8 Å². The van der Waals surface area contributed by atoms with Crippen LogP contribution in [0.1, 0.15) is 6.92 Å². The van der Waals surface area contributed by atoms with Crippen molar-refractivity contribution < 1.29 is 14.1 Å². The van der Waals surface area contributed by atoms with Crippen LogP contribution in [0, 0.1) is 5.92 Å². The van der Waals surface area contributed by atoms with Gasteiger partial charge in [-0.05, 0) is 48.7 Å². The van der Waals surface area contributed by atoms with E-state index >= 15 is 0 Å². The minimum Gasteiger partial charge on any atom is -0.469 e. The number of nitrogens with one attached hydrogen (secondary N) is 4. The van der Waals surface area contributed by atoms with Crippen LogP contribution in [0.2, 0.25) is 10.0 Å². The van der Waals surface area contributed by atoms with E-state index in [2.05, 4.69) is 20.8 Å². The molecule has 31 heavy (non-hydrogen) atoms. The number of anilines is 2. The molecule has 166 valence electrons. The summed E-state index contributed by atoms with van der Waals surface area (Å²) in [4.78, 5) is 11.9. The molecule has 0 amide bonds. The molecular weight excluding hydrogens is 498 g/mol. The monoisotopic (exact) mass is 518 g/mol. The second-order valence-corrected chi connectivity index (χ2v) is 10.4. The highest BCUT2D eigenvalue weighted by Gasteiger charge is 2.31. The summed E-state index contributed by atoms with van der Waals surface area (Å²) in [5.41, 5.74) is 1.07. The molecule has 0 unspecified atom stereocenters. The first-order chi connectivity index (χ1) is 14.6. The van der Waals surface area contributed by atoms with Crippen molar-refractivity contribution in [1.82, 2.24) is 10.2 Å². The summed E-state index contributed by atoms with van der Waals surface area (Å²) in [7, 11) is -2.29. The second-order valence-electron chi connectivity index (χ2n) is 6.44. The van der Waals surface area contributed by atoms with Gasteiger partial charge in [0.1, 0.15) is 0 Å². The minimum absolute atomic E-state index is 0.0431. The molecule has 0 aliphatic carbocycles. The number of halogens is 2. The first-order valence-corrected chi connectivity index (χ1v) is 12.4. The standard InChI is InChI=1S/C19H21Cl2N4O3PS2/c1-12(17(26)28-2)11-29(27,24-18(30)22-15-9-5-3-7-13(15)20)25-19(31)23-16-10-6-4-8-14(16)21/h3-10,12H,11H2,1-2H3,(H4,22,23,24,25,27,30,31)/t12-/m0/s1. The quantitative estimate of drug-likeness (QED) is 0.222. The molecular formula is C19H21Cl2N4O3PS2. The lowest BCUT2D eigenvalue weighted by Crippen LogP contribution is -2.38. The number of esters is 1. The van der Waals surface area contributed by atoms with E-state index in [1.54, 1.807) is 55.5 Å². The predicted octanol–water partition coefficient (Wildman–Crippen LogP) is 5.27. The molecule has 2 aromatic carbocycles. The van der Waals surface area contributed by atoms with Gasteiger partial charge < -0.3 is 15.4 Å². The van der Waals surface area contributed by atoms with Crippen LogP contribution in [0.3, 0.4) is 0 Å². The summed E-state index contributed by atoms with van der Waals surface area (Å²) in [6, 6.07) is 13.9. The van der Waals surface area contributed by atoms with E-state index in [9.17, 15) is 9.36 Å². The topological polar surface area (TPSA) is 91.5 Å². The van der Waals surface area contributed by atoms with Crippen LogP contribution in [0.15, 0.2) is 48.5 Å². The van der Waals surface area contributed by atoms with Gasteiger partial charge in [0.05, 0.1) is 40.6 Å². The molecule has 0 aliphatic heterocycles. The van der Waals surface area contributed by atoms with E-state index in [0.29, 0.717) is 21.4 Å². The summed E-state index contributed by atoms with van der Waals surface area (Å²) in [5, 5.41) is 12.2. The Labute approximate surface area is 201 Å². The van der Waals surface area contributed by atoms with Crippen LogP contribution in [-0.4, -0.2) is 29.5 Å². The molecule has 0 spiro atoms. The first-order valence-electron chi connectivity index (χ1n) is 8.98. The van der Waals surface area contributed by atoms with E-state index in [4.69, 9.17) is 52.4 Å². The van der Waals surface area contributed by atoms with Gasteiger partial charge in [-0.15, -0.1) is 0 Å². The summed E-state index contributed by atoms with van der Waals surface area (Å²) in [5.74, 6) is -1.21. The summed E-state index contributed by atoms with van der Waals surface area (Å²) in [6.45, 7) is 1.59. The lowest BCUT2D eigenvalue weighted by molar-refractivity contribution is -0.144. The van der Waals surface area contributed by atoms with E-state index in [-0.39, 0.29) is 16.4 Å². The number of carbonyl (C=O) groups excluding carboxylic acids is 1. The lowest BCUT2D eigenvalue weighted by Gasteiger charge is -2.26. The van der Waals surface area contributed by atoms with Crippen LogP contribution in [-0.2, 0) is 14.1 Å². The van der Waals surface area contributed by atoms with Gasteiger partial charge in [-0.2, -0.15) is 0 Å². The molecule has 0 bridgehead atoms. The number of thiocarbonyl (C=S) groups is 2. The molecule has 2 aromatic rings. The molecule has 4 N–H and O–H groups in total. The number of hydrogen-bond acceptors (Lipinski definition) is 5. The largest absolute Gasteiger partial charge is 0.469 e. The highest BCUT2D eigenvalue weighted by Crippen LogP contribution is 2.39. The first kappa shape index (κ1) is 25.4. The Kier molecular flexibility index (Phi) is 9.53. The third kappa shape index (κ3) is 7.94. The fourth-order valence-electron chi connectivity index (χ4n) is 2.53. The zero-order chi connectivity index (χ0) is 23.0. The highest BCUT2D eigenvalue weighted by atomic mass is 35.5. The van der Waals surface area contributed by atoms with E-state index in [1.807, 2.05) is 0 Å². The van der Waals surface area contributed by atoms with Crippen LogP contribution >= 0.6 is 55.1 Å². The van der Waals surface area contributed by atoms with Gasteiger partial charge in [0.25, 0.3) is 7.44 Å². The third-order valence-electron chi connectivity index (χ3n) is 3.94. The number of hydrogen-bond donors (Lipinski definition) is 4. The van der Waals surface area contributed by atoms with Crippen molar-refractivity contribution in [2.75, 3.05) is 23.9 Å². The summed E-state index contributed by atoms with van der Waals surface area (Å²) >= 11 is 22.9. The van der Waals surface area contributed by atoms with Crippen molar-refractivity contribution in [3.63, 3.8) is 0 Å². The molecule has 0 saturated heterocycles. The maximum absolute atomic E-state index is 13.7. The minimum atomic E-state index is -3.55. The Morgan fingerprint density at radius 1 is 0.968 bits per heavy atom. The van der Waals surface area contributed by atoms with Crippen LogP contribution in [0.5, 0.6) is 0 Å². The molecule has 2 rings (SSSR count). The Morgan fingerprint density at radius 2 is 1.39 bits per heavy atom. The molecule has 7 nitrogen and oxygen atoms in total. The number of ether oxygens (including phenoxy) is 1. The van der Waals surface area contributed by atoms with Crippen molar-refractivity contribution in [1.29, 1.82) is 0 Å². The smallest absolute Gasteiger partial charge is 0.308 e. The molecule has 1 atom stereocenters. The zero-order valence-corrected chi connectivity index (χ0v) is 20.7. The maximum atomic E-state index is 13.7. The van der Waals surface area contributed by atoms with E-state index < -0.39 is 19.3 Å². The average molecular weight is 519 g/mol. The zero-order valence-electron chi connectivity index (χ0n) is 16.6. The van der Waals surface area contributed by atoms with Crippen LogP contribution in [0.4, 0.5) is 11.4 Å². The SMILES string of the molecule is COC(=O)[C@@H](C)CP(=O)(NC(=S)Nc1ccccc1Cl)NC(=S)Nc1ccccc1Cl. The molecule has 0 heterocycles. The molecule has 0 aromatic heterocycles. The van der Waals surface area contributed by atoms with E-state index in [1.165, 1.54) is 7.11 Å². The lowest BCUT2D eigenvalue weighted by atomic mass is 10.2. The number of benzene rings is 2. The molecule has 0 saturated carbocycles. The Balaban J connectivity index is 2.17. The Bertz CT molecular complexity index is 960. The van der Waals surface area contributed by atoms with Gasteiger partial charge in [-0.1, -0.05) is 54.4 Å². The van der Waals surface area contributed by atoms with Gasteiger partial charge in [-0.3, -0.25) is 19.5 Å². The average Bonchev–Trinajstić information content (AvgIpc) is 2.70. The van der Waals surface area contributed by atoms with Crippen molar-refractivity contribution in [3.05, 3.63) is 58.6 Å². The normalized spacial score (nSPS) is 11.7. The molecule has 0 radical (unpaired) electrons. The molecule has 12 heteroatoms. The number of carbonyl (C=O) groups is 1. The highest BCUT2D eigenvalue weighted by molar-refractivity contribution is 7.82. The van der Waals surface area contributed by atoms with Crippen molar-refractivity contribution in [2.45, 2.75) is 6.92 Å².